The van der Waals surface area contributed by atoms with Crippen LogP contribution in [0.3, 0.4) is 0 Å². The van der Waals surface area contributed by atoms with Crippen molar-refractivity contribution in [2.75, 3.05) is 0 Å². The minimum absolute atomic E-state index is 0. The van der Waals surface area contributed by atoms with Gasteiger partial charge in [0.15, 0.2) is 20.0 Å². The van der Waals surface area contributed by atoms with Crippen molar-refractivity contribution < 1.29 is 132 Å². The summed E-state index contributed by atoms with van der Waals surface area (Å²) in [5.41, 5.74) is 0. The molecule has 0 aromatic carbocycles. The number of alkyl halides is 22. The van der Waals surface area contributed by atoms with E-state index in [4.69, 9.17) is 0 Å². The van der Waals surface area contributed by atoms with Crippen LogP contribution >= 0.6 is 0 Å². The molecule has 0 atom stereocenters. The van der Waals surface area contributed by atoms with Crippen molar-refractivity contribution >= 4 is 20.0 Å². The molecule has 0 amide bonds. The van der Waals surface area contributed by atoms with Crippen molar-refractivity contribution in [1.82, 2.24) is 0 Å². The summed E-state index contributed by atoms with van der Waals surface area (Å²) >= 11 is 0. The summed E-state index contributed by atoms with van der Waals surface area (Å²) in [4.78, 5) is 0. The topological polar surface area (TPSA) is 82.4 Å². The van der Waals surface area contributed by atoms with E-state index in [1.54, 1.807) is 0 Å². The average molecular weight is 687 g/mol. The number of rotatable bonds is 10. The van der Waals surface area contributed by atoms with Crippen molar-refractivity contribution in [2.24, 2.45) is 0 Å². The summed E-state index contributed by atoms with van der Waals surface area (Å²) in [5.74, 6) is -52.0. The summed E-state index contributed by atoms with van der Waals surface area (Å²) in [5, 5.41) is -17.3. The second kappa shape index (κ2) is 9.99. The molecule has 0 fully saturated rings. The molecule has 0 aliphatic rings. The van der Waals surface area contributed by atoms with Gasteiger partial charge in [-0.15, -0.1) is 0 Å². The van der Waals surface area contributed by atoms with E-state index in [2.05, 4.69) is 0 Å². The van der Waals surface area contributed by atoms with Gasteiger partial charge in [-0.05, 0) is 0 Å². The number of hydrogen-bond acceptors (Lipinski definition) is 4. The molecule has 0 rings (SSSR count). The van der Waals surface area contributed by atoms with E-state index in [0.29, 0.717) is 0 Å². The van der Waals surface area contributed by atoms with E-state index in [1.165, 1.54) is 0 Å². The van der Waals surface area contributed by atoms with Gasteiger partial charge < -0.3 is 4.13 Å². The van der Waals surface area contributed by atoms with E-state index in [9.17, 15) is 113 Å². The van der Waals surface area contributed by atoms with Gasteiger partial charge in [0.25, 0.3) is 0 Å². The molecule has 5 nitrogen and oxygen atoms in total. The molecule has 0 unspecified atom stereocenters. The molecule has 0 spiro atoms. The standard InChI is InChI=1S/C10F22NO4S2.Li/c11-1(12,3(15,16)7(23,24)25)5(19,20)9(29,30)38(34,35)33-39(36,37)10(31,32)6(21,22)2(13,14)4(17,18)8(26,27)28;/q-1;+1. The van der Waals surface area contributed by atoms with E-state index in [1.807, 2.05) is 0 Å². The number of nitrogens with zero attached hydrogens (tertiary/aromatic N) is 1. The van der Waals surface area contributed by atoms with Crippen molar-refractivity contribution in [2.45, 2.75) is 58.4 Å². The molecule has 0 radical (unpaired) electrons. The molecule has 236 valence electrons. The quantitative estimate of drug-likeness (QED) is 0.261. The van der Waals surface area contributed by atoms with E-state index in [0.717, 1.165) is 0 Å². The maximum atomic E-state index is 13.5. The van der Waals surface area contributed by atoms with Gasteiger partial charge in [0.05, 0.1) is 0 Å². The van der Waals surface area contributed by atoms with Gasteiger partial charge in [-0.2, -0.15) is 96.6 Å². The maximum absolute atomic E-state index is 13.5. The summed E-state index contributed by atoms with van der Waals surface area (Å²) in [6, 6.07) is 0. The first kappa shape index (κ1) is 41.1. The first-order chi connectivity index (χ1) is 16.2. The van der Waals surface area contributed by atoms with E-state index >= 15 is 0 Å². The number of halogens is 22. The predicted octanol–water partition coefficient (Wildman–Crippen LogP) is 3.15. The molecule has 0 saturated heterocycles. The van der Waals surface area contributed by atoms with Crippen molar-refractivity contribution in [1.29, 1.82) is 0 Å². The Labute approximate surface area is 215 Å². The molecule has 0 bridgehead atoms. The van der Waals surface area contributed by atoms with Crippen LogP contribution in [0.25, 0.3) is 4.13 Å². The third kappa shape index (κ3) is 5.29. The molecule has 0 aromatic rings. The molecule has 0 aliphatic carbocycles. The fourth-order valence-electron chi connectivity index (χ4n) is 1.66. The van der Waals surface area contributed by atoms with Crippen molar-refractivity contribution in [3.05, 3.63) is 4.13 Å². The summed E-state index contributed by atoms with van der Waals surface area (Å²) in [6.45, 7) is 0. The third-order valence-electron chi connectivity index (χ3n) is 3.86. The Morgan fingerprint density at radius 2 is 0.500 bits per heavy atom. The second-order valence-corrected chi connectivity index (χ2v) is 10.0. The molecule has 0 N–H and O–H groups in total. The third-order valence-corrected chi connectivity index (χ3v) is 7.24. The number of sulfonamides is 2. The Morgan fingerprint density at radius 3 is 0.650 bits per heavy atom. The molecule has 0 heterocycles. The van der Waals surface area contributed by atoms with Crippen LogP contribution in [0.1, 0.15) is 0 Å². The minimum Gasteiger partial charge on any atom is -0.425 e. The van der Waals surface area contributed by atoms with Crippen LogP contribution in [0.5, 0.6) is 0 Å². The Bertz CT molecular complexity index is 1060. The van der Waals surface area contributed by atoms with Gasteiger partial charge in [0.1, 0.15) is 0 Å². The largest absolute Gasteiger partial charge is 1.00 e. The van der Waals surface area contributed by atoms with Crippen LogP contribution in [0.4, 0.5) is 96.6 Å². The predicted molar refractivity (Wildman–Crippen MR) is 72.9 cm³/mol. The zero-order valence-corrected chi connectivity index (χ0v) is 18.8. The van der Waals surface area contributed by atoms with Gasteiger partial charge in [0.2, 0.25) is 0 Å². The smallest absolute Gasteiger partial charge is 0.425 e. The van der Waals surface area contributed by atoms with Crippen molar-refractivity contribution in [3.63, 3.8) is 0 Å². The molecule has 40 heavy (non-hydrogen) atoms. The molecular weight excluding hydrogens is 687 g/mol. The fraction of sp³-hybridized carbons (Fsp3) is 1.00. The molecule has 30 heteroatoms. The monoisotopic (exact) mass is 687 g/mol. The first-order valence-corrected chi connectivity index (χ1v) is 10.5. The Balaban J connectivity index is 0. The van der Waals surface area contributed by atoms with Crippen LogP contribution < -0.4 is 18.9 Å². The Kier molecular flexibility index (Phi) is 10.3. The molecule has 0 aliphatic heterocycles. The Hall–Kier alpha value is -1.08. The van der Waals surface area contributed by atoms with E-state index < -0.39 is 78.4 Å². The van der Waals surface area contributed by atoms with Gasteiger partial charge in [0, 0.05) is 0 Å². The average Bonchev–Trinajstić information content (AvgIpc) is 2.63. The molecule has 0 aromatic heterocycles. The Morgan fingerprint density at radius 1 is 0.325 bits per heavy atom. The first-order valence-electron chi connectivity index (χ1n) is 7.60. The second-order valence-electron chi connectivity index (χ2n) is 6.50. The van der Waals surface area contributed by atoms with Gasteiger partial charge in [-0.3, -0.25) is 0 Å². The minimum atomic E-state index is -9.21. The maximum Gasteiger partial charge on any atom is 1.00 e. The molecule has 0 saturated carbocycles. The summed E-state index contributed by atoms with van der Waals surface area (Å²) in [6.07, 6.45) is -16.0. The normalized spacial score (nSPS) is 16.6. The summed E-state index contributed by atoms with van der Waals surface area (Å²) in [7, 11) is -18.4. The van der Waals surface area contributed by atoms with Crippen LogP contribution in [0.15, 0.2) is 0 Å². The van der Waals surface area contributed by atoms with Gasteiger partial charge in [-0.1, -0.05) is 0 Å². The van der Waals surface area contributed by atoms with Crippen LogP contribution in [0.2, 0.25) is 0 Å². The number of hydrogen-bond donors (Lipinski definition) is 0. The van der Waals surface area contributed by atoms with Crippen LogP contribution in [0, 0.1) is 0 Å². The van der Waals surface area contributed by atoms with Crippen molar-refractivity contribution in [3.8, 4) is 0 Å². The van der Waals surface area contributed by atoms with Gasteiger partial charge >= 0.3 is 77.3 Å². The fourth-order valence-corrected chi connectivity index (χ4v) is 4.35. The van der Waals surface area contributed by atoms with E-state index in [-0.39, 0.29) is 23.0 Å². The van der Waals surface area contributed by atoms with Crippen LogP contribution in [-0.2, 0) is 20.0 Å². The van der Waals surface area contributed by atoms with Gasteiger partial charge in [-0.25, -0.2) is 16.8 Å². The molecular formula is C10F22LiNO4S2. The SMILES string of the molecule is O=S(=O)([N-]S(=O)(=O)C(F)(F)C(F)(F)C(F)(F)C(F)(F)C(F)(F)F)C(F)(F)C(F)(F)C(F)(F)C(F)(F)C(F)(F)F.[Li+]. The summed E-state index contributed by atoms with van der Waals surface area (Å²) < 4.78 is 325. The van der Waals surface area contributed by atoms with Crippen LogP contribution in [-0.4, -0.2) is 75.2 Å². The zero-order valence-electron chi connectivity index (χ0n) is 17.2. The zero-order chi connectivity index (χ0) is 32.7.